The van der Waals surface area contributed by atoms with Gasteiger partial charge in [0.1, 0.15) is 0 Å². The Balaban J connectivity index is 1.99. The van der Waals surface area contributed by atoms with Crippen LogP contribution in [0.2, 0.25) is 0 Å². The van der Waals surface area contributed by atoms with Crippen LogP contribution in [0.5, 0.6) is 11.5 Å². The lowest BCUT2D eigenvalue weighted by Gasteiger charge is -2.22. The first-order chi connectivity index (χ1) is 13.4. The van der Waals surface area contributed by atoms with Gasteiger partial charge in [-0.1, -0.05) is 17.4 Å². The van der Waals surface area contributed by atoms with Gasteiger partial charge in [-0.15, -0.1) is 0 Å². The number of thiazole rings is 1. The molecule has 0 bridgehead atoms. The number of aromatic nitrogens is 1. The van der Waals surface area contributed by atoms with Crippen LogP contribution >= 0.6 is 11.3 Å². The lowest BCUT2D eigenvalue weighted by Crippen LogP contribution is -2.36. The highest BCUT2D eigenvalue weighted by atomic mass is 32.1. The van der Waals surface area contributed by atoms with Gasteiger partial charge in [-0.05, 0) is 56.9 Å². The smallest absolute Gasteiger partial charge is 0.260 e. The Kier molecular flexibility index (Phi) is 6.16. The molecule has 28 heavy (non-hydrogen) atoms. The van der Waals surface area contributed by atoms with Crippen LogP contribution in [0.15, 0.2) is 36.4 Å². The quantitative estimate of drug-likeness (QED) is 0.604. The van der Waals surface area contributed by atoms with Crippen LogP contribution in [0.1, 0.15) is 15.9 Å². The van der Waals surface area contributed by atoms with E-state index >= 15 is 0 Å². The summed E-state index contributed by atoms with van der Waals surface area (Å²) in [6.45, 7) is 3.32. The zero-order valence-electron chi connectivity index (χ0n) is 16.9. The number of hydrogen-bond donors (Lipinski definition) is 0. The molecular weight excluding hydrogens is 374 g/mol. The number of carbonyl (C=O) groups excluding carboxylic acids is 1. The molecule has 0 aliphatic heterocycles. The van der Waals surface area contributed by atoms with E-state index in [9.17, 15) is 4.79 Å². The Morgan fingerprint density at radius 3 is 2.46 bits per heavy atom. The van der Waals surface area contributed by atoms with Crippen molar-refractivity contribution in [2.24, 2.45) is 0 Å². The maximum Gasteiger partial charge on any atom is 0.260 e. The first-order valence-electron chi connectivity index (χ1n) is 8.98. The second kappa shape index (κ2) is 8.58. The third-order valence-corrected chi connectivity index (χ3v) is 5.45. The molecule has 0 fully saturated rings. The summed E-state index contributed by atoms with van der Waals surface area (Å²) in [6, 6.07) is 11.3. The molecule has 1 amide bonds. The summed E-state index contributed by atoms with van der Waals surface area (Å²) in [5.41, 5.74) is 2.61. The zero-order chi connectivity index (χ0) is 20.3. The molecule has 1 aromatic heterocycles. The molecule has 148 valence electrons. The molecule has 7 heteroatoms. The largest absolute Gasteiger partial charge is 0.493 e. The average molecular weight is 400 g/mol. The van der Waals surface area contributed by atoms with Crippen molar-refractivity contribution in [1.29, 1.82) is 0 Å². The van der Waals surface area contributed by atoms with Gasteiger partial charge in [0.2, 0.25) is 0 Å². The highest BCUT2D eigenvalue weighted by Gasteiger charge is 2.22. The molecule has 1 heterocycles. The number of rotatable bonds is 7. The fraction of sp³-hybridized carbons (Fsp3) is 0.333. The molecule has 0 unspecified atom stereocenters. The summed E-state index contributed by atoms with van der Waals surface area (Å²) in [6.07, 6.45) is 0. The molecule has 0 aliphatic carbocycles. The van der Waals surface area contributed by atoms with E-state index in [-0.39, 0.29) is 5.91 Å². The number of carbonyl (C=O) groups is 1. The van der Waals surface area contributed by atoms with Crippen LogP contribution < -0.4 is 14.4 Å². The molecule has 0 radical (unpaired) electrons. The van der Waals surface area contributed by atoms with Gasteiger partial charge in [-0.2, -0.15) is 0 Å². The number of methoxy groups -OCH3 is 2. The highest BCUT2D eigenvalue weighted by molar-refractivity contribution is 7.22. The molecule has 0 N–H and O–H groups in total. The fourth-order valence-corrected chi connectivity index (χ4v) is 3.93. The van der Waals surface area contributed by atoms with E-state index in [4.69, 9.17) is 14.5 Å². The van der Waals surface area contributed by atoms with Gasteiger partial charge in [0.15, 0.2) is 16.6 Å². The molecule has 3 rings (SSSR count). The number of amides is 1. The highest BCUT2D eigenvalue weighted by Crippen LogP contribution is 2.32. The maximum absolute atomic E-state index is 13.3. The van der Waals surface area contributed by atoms with Crippen LogP contribution in [0, 0.1) is 6.92 Å². The summed E-state index contributed by atoms with van der Waals surface area (Å²) in [5, 5.41) is 0.697. The van der Waals surface area contributed by atoms with Gasteiger partial charge in [-0.25, -0.2) is 4.98 Å². The summed E-state index contributed by atoms with van der Waals surface area (Å²) < 4.78 is 11.7. The van der Waals surface area contributed by atoms with Crippen LogP contribution in [0.3, 0.4) is 0 Å². The maximum atomic E-state index is 13.3. The summed E-state index contributed by atoms with van der Waals surface area (Å²) >= 11 is 1.53. The minimum Gasteiger partial charge on any atom is -0.493 e. The SMILES string of the molecule is COc1ccc(C(=O)N(CCN(C)C)c2nc3ccc(C)cc3s2)cc1OC. The number of ether oxygens (including phenoxy) is 2. The molecule has 0 atom stereocenters. The minimum atomic E-state index is -0.112. The molecule has 2 aromatic carbocycles. The summed E-state index contributed by atoms with van der Waals surface area (Å²) in [5.74, 6) is 1.01. The van der Waals surface area contributed by atoms with E-state index < -0.39 is 0 Å². The number of fused-ring (bicyclic) bond motifs is 1. The van der Waals surface area contributed by atoms with Crippen LogP contribution in [0.4, 0.5) is 5.13 Å². The van der Waals surface area contributed by atoms with Gasteiger partial charge in [0.05, 0.1) is 24.4 Å². The predicted octanol–water partition coefficient (Wildman–Crippen LogP) is 3.83. The van der Waals surface area contributed by atoms with Crippen molar-refractivity contribution in [2.75, 3.05) is 46.3 Å². The number of aryl methyl sites for hydroxylation is 1. The Bertz CT molecular complexity index is 984. The average Bonchev–Trinajstić information content (AvgIpc) is 3.09. The first kappa shape index (κ1) is 20.1. The Hall–Kier alpha value is -2.64. The van der Waals surface area contributed by atoms with Crippen molar-refractivity contribution in [3.8, 4) is 11.5 Å². The van der Waals surface area contributed by atoms with Crippen LogP contribution in [-0.4, -0.2) is 57.2 Å². The van der Waals surface area contributed by atoms with E-state index in [0.29, 0.717) is 28.7 Å². The molecule has 0 saturated heterocycles. The summed E-state index contributed by atoms with van der Waals surface area (Å²) in [4.78, 5) is 21.8. The number of anilines is 1. The van der Waals surface area contributed by atoms with Crippen molar-refractivity contribution in [3.63, 3.8) is 0 Å². The molecule has 6 nitrogen and oxygen atoms in total. The third-order valence-electron chi connectivity index (χ3n) is 4.41. The van der Waals surface area contributed by atoms with E-state index in [0.717, 1.165) is 16.8 Å². The lowest BCUT2D eigenvalue weighted by atomic mass is 10.1. The zero-order valence-corrected chi connectivity index (χ0v) is 17.7. The van der Waals surface area contributed by atoms with Crippen molar-refractivity contribution in [1.82, 2.24) is 9.88 Å². The third kappa shape index (κ3) is 4.26. The molecule has 0 spiro atoms. The monoisotopic (exact) mass is 399 g/mol. The van der Waals surface area contributed by atoms with Gasteiger partial charge >= 0.3 is 0 Å². The predicted molar refractivity (Wildman–Crippen MR) is 114 cm³/mol. The molecule has 0 aliphatic rings. The lowest BCUT2D eigenvalue weighted by molar-refractivity contribution is 0.0985. The van der Waals surface area contributed by atoms with Crippen molar-refractivity contribution in [2.45, 2.75) is 6.92 Å². The molecule has 0 saturated carbocycles. The number of nitrogens with zero attached hydrogens (tertiary/aromatic N) is 3. The molecular formula is C21H25N3O3S. The number of benzene rings is 2. The minimum absolute atomic E-state index is 0.112. The van der Waals surface area contributed by atoms with E-state index in [1.54, 1.807) is 37.3 Å². The Morgan fingerprint density at radius 1 is 1.04 bits per heavy atom. The molecule has 3 aromatic rings. The topological polar surface area (TPSA) is 54.9 Å². The number of hydrogen-bond acceptors (Lipinski definition) is 6. The Labute approximate surface area is 169 Å². The van der Waals surface area contributed by atoms with Gasteiger partial charge < -0.3 is 14.4 Å². The standard InChI is InChI=1S/C21H25N3O3S/c1-14-6-8-16-19(12-14)28-21(22-16)24(11-10-23(2)3)20(25)15-7-9-17(26-4)18(13-15)27-5/h6-9,12-13H,10-11H2,1-5H3. The fourth-order valence-electron chi connectivity index (χ4n) is 2.84. The van der Waals surface area contributed by atoms with Crippen molar-refractivity contribution < 1.29 is 14.3 Å². The normalized spacial score (nSPS) is 11.1. The van der Waals surface area contributed by atoms with E-state index in [2.05, 4.69) is 13.0 Å². The van der Waals surface area contributed by atoms with Crippen LogP contribution in [-0.2, 0) is 0 Å². The first-order valence-corrected chi connectivity index (χ1v) is 9.80. The van der Waals surface area contributed by atoms with Gasteiger partial charge in [0.25, 0.3) is 5.91 Å². The van der Waals surface area contributed by atoms with Crippen molar-refractivity contribution in [3.05, 3.63) is 47.5 Å². The Morgan fingerprint density at radius 2 is 1.79 bits per heavy atom. The van der Waals surface area contributed by atoms with Crippen molar-refractivity contribution >= 4 is 32.6 Å². The number of likely N-dealkylation sites (N-methyl/N-ethyl adjacent to an activating group) is 1. The second-order valence-corrected chi connectivity index (χ2v) is 7.81. The van der Waals surface area contributed by atoms with E-state index in [1.165, 1.54) is 16.9 Å². The van der Waals surface area contributed by atoms with Gasteiger partial charge in [0, 0.05) is 18.7 Å². The van der Waals surface area contributed by atoms with E-state index in [1.807, 2.05) is 31.1 Å². The second-order valence-electron chi connectivity index (χ2n) is 6.80. The summed E-state index contributed by atoms with van der Waals surface area (Å²) in [7, 11) is 7.11. The van der Waals surface area contributed by atoms with Gasteiger partial charge in [-0.3, -0.25) is 9.69 Å². The van der Waals surface area contributed by atoms with Crippen LogP contribution in [0.25, 0.3) is 10.2 Å².